The number of fused-ring (bicyclic) bond motifs is 1. The first kappa shape index (κ1) is 18.1. The number of piperazine rings is 1. The molecule has 4 aromatic rings. The first-order valence-corrected chi connectivity index (χ1v) is 10.5. The average Bonchev–Trinajstić information content (AvgIpc) is 3.55. The van der Waals surface area contributed by atoms with Gasteiger partial charge in [-0.1, -0.05) is 5.10 Å². The van der Waals surface area contributed by atoms with Crippen molar-refractivity contribution in [1.29, 1.82) is 0 Å². The first-order chi connectivity index (χ1) is 15.3. The van der Waals surface area contributed by atoms with Gasteiger partial charge in [0.1, 0.15) is 11.6 Å². The topological polar surface area (TPSA) is 118 Å². The van der Waals surface area contributed by atoms with Crippen LogP contribution in [0.25, 0.3) is 22.3 Å². The minimum atomic E-state index is 0.490. The minimum absolute atomic E-state index is 0.490. The molecule has 156 valence electrons. The predicted molar refractivity (Wildman–Crippen MR) is 115 cm³/mol. The van der Waals surface area contributed by atoms with E-state index in [1.807, 2.05) is 24.5 Å². The number of nitrogens with one attached hydrogen (secondary N) is 2. The molecule has 10 nitrogen and oxygen atoms in total. The standard InChI is InChI=1S/C21H21N9O/c1-2-13(1)15-10-23-11-16-19(15)21(30-7-5-22-6-8-30)27-20(25-16)14-3-4-24-17(9-14)26-18-12-31-29-28-18/h3-4,9-13,22H,1-2,5-8H2,(H,24,26). The van der Waals surface area contributed by atoms with E-state index < -0.39 is 0 Å². The van der Waals surface area contributed by atoms with Crippen molar-refractivity contribution in [2.75, 3.05) is 36.4 Å². The maximum Gasteiger partial charge on any atom is 0.195 e. The monoisotopic (exact) mass is 415 g/mol. The number of aromatic nitrogens is 6. The summed E-state index contributed by atoms with van der Waals surface area (Å²) >= 11 is 0. The second-order valence-electron chi connectivity index (χ2n) is 7.85. The van der Waals surface area contributed by atoms with E-state index in [0.29, 0.717) is 23.4 Å². The van der Waals surface area contributed by atoms with Crippen LogP contribution in [0.15, 0.2) is 41.5 Å². The van der Waals surface area contributed by atoms with Crippen LogP contribution in [0.2, 0.25) is 0 Å². The van der Waals surface area contributed by atoms with E-state index in [-0.39, 0.29) is 0 Å². The normalized spacial score (nSPS) is 16.6. The molecule has 0 radical (unpaired) electrons. The Labute approximate surface area is 178 Å². The van der Waals surface area contributed by atoms with Crippen LogP contribution in [-0.2, 0) is 0 Å². The van der Waals surface area contributed by atoms with Gasteiger partial charge in [0.2, 0.25) is 0 Å². The zero-order valence-electron chi connectivity index (χ0n) is 16.8. The largest absolute Gasteiger partial charge is 0.353 e. The lowest BCUT2D eigenvalue weighted by molar-refractivity contribution is 0.393. The summed E-state index contributed by atoms with van der Waals surface area (Å²) in [6.07, 6.45) is 9.41. The molecule has 0 spiro atoms. The van der Waals surface area contributed by atoms with Gasteiger partial charge in [-0.05, 0) is 36.5 Å². The highest BCUT2D eigenvalue weighted by molar-refractivity contribution is 5.94. The predicted octanol–water partition coefficient (Wildman–Crippen LogP) is 2.50. The third-order valence-electron chi connectivity index (χ3n) is 5.69. The van der Waals surface area contributed by atoms with E-state index in [2.05, 4.69) is 35.9 Å². The number of rotatable bonds is 5. The van der Waals surface area contributed by atoms with Crippen molar-refractivity contribution in [3.63, 3.8) is 0 Å². The van der Waals surface area contributed by atoms with E-state index in [1.165, 1.54) is 24.7 Å². The fraction of sp³-hybridized carbons (Fsp3) is 0.333. The maximum absolute atomic E-state index is 5.06. The Morgan fingerprint density at radius 1 is 1.10 bits per heavy atom. The van der Waals surface area contributed by atoms with Crippen molar-refractivity contribution in [2.24, 2.45) is 0 Å². The van der Waals surface area contributed by atoms with Crippen LogP contribution in [-0.4, -0.2) is 56.5 Å². The van der Waals surface area contributed by atoms with Gasteiger partial charge in [-0.15, -0.1) is 0 Å². The van der Waals surface area contributed by atoms with Gasteiger partial charge < -0.3 is 20.1 Å². The van der Waals surface area contributed by atoms with Crippen LogP contribution in [0.3, 0.4) is 0 Å². The van der Waals surface area contributed by atoms with Crippen molar-refractivity contribution < 1.29 is 4.52 Å². The maximum atomic E-state index is 5.06. The summed E-state index contributed by atoms with van der Waals surface area (Å²) in [6, 6.07) is 3.81. The summed E-state index contributed by atoms with van der Waals surface area (Å²) in [6.45, 7) is 3.72. The van der Waals surface area contributed by atoms with Gasteiger partial charge in [0.25, 0.3) is 0 Å². The second-order valence-corrected chi connectivity index (χ2v) is 7.85. The lowest BCUT2D eigenvalue weighted by Gasteiger charge is -2.30. The van der Waals surface area contributed by atoms with Crippen LogP contribution < -0.4 is 15.5 Å². The SMILES string of the molecule is c1cc(-c2nc(N3CCNCC3)c3c(C4CC4)cncc3n2)cc(Nc2conn2)n1. The summed E-state index contributed by atoms with van der Waals surface area (Å²) in [5.41, 5.74) is 3.02. The summed E-state index contributed by atoms with van der Waals surface area (Å²) in [5.74, 6) is 3.33. The molecule has 1 aliphatic heterocycles. The van der Waals surface area contributed by atoms with Crippen LogP contribution in [0.4, 0.5) is 17.5 Å². The molecule has 0 atom stereocenters. The highest BCUT2D eigenvalue weighted by Gasteiger charge is 2.29. The Hall–Kier alpha value is -3.66. The fourth-order valence-electron chi connectivity index (χ4n) is 4.02. The van der Waals surface area contributed by atoms with Gasteiger partial charge in [0.05, 0.1) is 11.7 Å². The molecule has 0 aromatic carbocycles. The molecule has 2 aliphatic rings. The Balaban J connectivity index is 1.47. The number of nitrogens with zero attached hydrogens (tertiary/aromatic N) is 7. The highest BCUT2D eigenvalue weighted by atomic mass is 16.5. The third-order valence-corrected chi connectivity index (χ3v) is 5.69. The smallest absolute Gasteiger partial charge is 0.195 e. The zero-order valence-corrected chi connectivity index (χ0v) is 16.8. The Bertz CT molecular complexity index is 1220. The first-order valence-electron chi connectivity index (χ1n) is 10.5. The van der Waals surface area contributed by atoms with Crippen molar-refractivity contribution in [1.82, 2.24) is 35.6 Å². The van der Waals surface area contributed by atoms with E-state index in [0.717, 1.165) is 48.5 Å². The number of anilines is 3. The molecule has 0 amide bonds. The lowest BCUT2D eigenvalue weighted by Crippen LogP contribution is -2.44. The molecule has 1 saturated carbocycles. The molecule has 4 aromatic heterocycles. The second kappa shape index (κ2) is 7.55. The van der Waals surface area contributed by atoms with Gasteiger partial charge in [-0.2, -0.15) is 0 Å². The zero-order chi connectivity index (χ0) is 20.6. The van der Waals surface area contributed by atoms with Crippen LogP contribution in [0.1, 0.15) is 24.3 Å². The van der Waals surface area contributed by atoms with E-state index in [4.69, 9.17) is 14.5 Å². The molecule has 0 unspecified atom stereocenters. The molecular formula is C21H21N9O. The lowest BCUT2D eigenvalue weighted by atomic mass is 10.1. The van der Waals surface area contributed by atoms with E-state index in [1.54, 1.807) is 6.20 Å². The molecule has 31 heavy (non-hydrogen) atoms. The molecule has 6 rings (SSSR count). The van der Waals surface area contributed by atoms with E-state index in [9.17, 15) is 0 Å². The average molecular weight is 415 g/mol. The van der Waals surface area contributed by atoms with Crippen LogP contribution >= 0.6 is 0 Å². The van der Waals surface area contributed by atoms with Gasteiger partial charge >= 0.3 is 0 Å². The van der Waals surface area contributed by atoms with Gasteiger partial charge in [-0.3, -0.25) is 4.98 Å². The van der Waals surface area contributed by atoms with Gasteiger partial charge in [0, 0.05) is 54.8 Å². The molecule has 2 N–H and O–H groups in total. The molecule has 1 aliphatic carbocycles. The van der Waals surface area contributed by atoms with Gasteiger partial charge in [0.15, 0.2) is 17.9 Å². The van der Waals surface area contributed by atoms with Gasteiger partial charge in [-0.25, -0.2) is 15.0 Å². The van der Waals surface area contributed by atoms with Crippen molar-refractivity contribution in [3.05, 3.63) is 42.5 Å². The Morgan fingerprint density at radius 3 is 2.81 bits per heavy atom. The minimum Gasteiger partial charge on any atom is -0.353 e. The molecule has 0 bridgehead atoms. The molecular weight excluding hydrogens is 394 g/mol. The van der Waals surface area contributed by atoms with Crippen LogP contribution in [0, 0.1) is 0 Å². The van der Waals surface area contributed by atoms with E-state index >= 15 is 0 Å². The number of pyridine rings is 2. The summed E-state index contributed by atoms with van der Waals surface area (Å²) < 4.78 is 4.77. The summed E-state index contributed by atoms with van der Waals surface area (Å²) in [7, 11) is 0. The summed E-state index contributed by atoms with van der Waals surface area (Å²) in [5, 5.41) is 15.0. The van der Waals surface area contributed by atoms with Crippen molar-refractivity contribution in [3.8, 4) is 11.4 Å². The molecule has 5 heterocycles. The third kappa shape index (κ3) is 3.55. The fourth-order valence-corrected chi connectivity index (χ4v) is 4.02. The molecule has 10 heteroatoms. The molecule has 1 saturated heterocycles. The van der Waals surface area contributed by atoms with Crippen molar-refractivity contribution >= 4 is 28.4 Å². The quantitative estimate of drug-likeness (QED) is 0.503. The Kier molecular flexibility index (Phi) is 4.42. The Morgan fingerprint density at radius 2 is 2.00 bits per heavy atom. The highest BCUT2D eigenvalue weighted by Crippen LogP contribution is 2.44. The summed E-state index contributed by atoms with van der Waals surface area (Å²) in [4.78, 5) is 21.2. The van der Waals surface area contributed by atoms with Crippen molar-refractivity contribution in [2.45, 2.75) is 18.8 Å². The molecule has 2 fully saturated rings. The number of hydrogen-bond acceptors (Lipinski definition) is 10. The van der Waals surface area contributed by atoms with Crippen LogP contribution in [0.5, 0.6) is 0 Å². The number of hydrogen-bond donors (Lipinski definition) is 2.